The van der Waals surface area contributed by atoms with E-state index in [0.717, 1.165) is 0 Å². The van der Waals surface area contributed by atoms with Gasteiger partial charge in [-0.25, -0.2) is 0 Å². The zero-order valence-corrected chi connectivity index (χ0v) is 6.83. The van der Waals surface area contributed by atoms with E-state index in [4.69, 9.17) is 0 Å². The lowest BCUT2D eigenvalue weighted by atomic mass is 9.99. The molecule has 2 N–H and O–H groups in total. The molecule has 0 saturated heterocycles. The van der Waals surface area contributed by atoms with Crippen molar-refractivity contribution in [1.82, 2.24) is 0 Å². The lowest BCUT2D eigenvalue weighted by molar-refractivity contribution is -0.0456. The third-order valence-corrected chi connectivity index (χ3v) is 1.41. The molecule has 0 rings (SSSR count). The molecule has 0 amide bonds. The second-order valence-electron chi connectivity index (χ2n) is 2.97. The second kappa shape index (κ2) is 3.74. The fraction of sp³-hybridized carbons (Fsp3) is 0.750. The van der Waals surface area contributed by atoms with Crippen LogP contribution < -0.4 is 0 Å². The molecular formula is C8H16O2. The number of allylic oxidation sites excluding steroid dienone is 1. The lowest BCUT2D eigenvalue weighted by Crippen LogP contribution is -2.35. The quantitative estimate of drug-likeness (QED) is 0.582. The first-order valence-electron chi connectivity index (χ1n) is 3.50. The van der Waals surface area contributed by atoms with Crippen LogP contribution in [0.1, 0.15) is 27.2 Å². The van der Waals surface area contributed by atoms with Crippen molar-refractivity contribution >= 4 is 0 Å². The summed E-state index contributed by atoms with van der Waals surface area (Å²) in [5.41, 5.74) is -0.987. The SMILES string of the molecule is CC=CCC(O)C(C)(C)O. The van der Waals surface area contributed by atoms with Crippen LogP contribution in [0.4, 0.5) is 0 Å². The minimum Gasteiger partial charge on any atom is -0.390 e. The molecule has 0 aromatic rings. The predicted octanol–water partition coefficient (Wildman–Crippen LogP) is 1.08. The van der Waals surface area contributed by atoms with Gasteiger partial charge in [-0.05, 0) is 27.2 Å². The Morgan fingerprint density at radius 2 is 2.00 bits per heavy atom. The summed E-state index contributed by atoms with van der Waals surface area (Å²) in [5.74, 6) is 0. The minimum atomic E-state index is -0.987. The molecule has 0 bridgehead atoms. The van der Waals surface area contributed by atoms with Gasteiger partial charge in [-0.3, -0.25) is 0 Å². The van der Waals surface area contributed by atoms with Crippen molar-refractivity contribution in [3.63, 3.8) is 0 Å². The highest BCUT2D eigenvalue weighted by atomic mass is 16.3. The summed E-state index contributed by atoms with van der Waals surface area (Å²) in [6, 6.07) is 0. The standard InChI is InChI=1S/C8H16O2/c1-4-5-6-7(9)8(2,3)10/h4-5,7,9-10H,6H2,1-3H3. The third-order valence-electron chi connectivity index (χ3n) is 1.41. The molecule has 0 spiro atoms. The Morgan fingerprint density at radius 3 is 2.30 bits per heavy atom. The van der Waals surface area contributed by atoms with E-state index in [2.05, 4.69) is 0 Å². The normalized spacial score (nSPS) is 16.1. The summed E-state index contributed by atoms with van der Waals surface area (Å²) in [4.78, 5) is 0. The van der Waals surface area contributed by atoms with Crippen LogP contribution >= 0.6 is 0 Å². The van der Waals surface area contributed by atoms with Crippen LogP contribution in [0.3, 0.4) is 0 Å². The Kier molecular flexibility index (Phi) is 3.61. The van der Waals surface area contributed by atoms with Crippen LogP contribution in [0, 0.1) is 0 Å². The van der Waals surface area contributed by atoms with Crippen molar-refractivity contribution < 1.29 is 10.2 Å². The maximum absolute atomic E-state index is 9.23. The molecule has 0 aliphatic carbocycles. The molecule has 1 unspecified atom stereocenters. The van der Waals surface area contributed by atoms with Gasteiger partial charge >= 0.3 is 0 Å². The molecule has 1 atom stereocenters. The van der Waals surface area contributed by atoms with E-state index in [9.17, 15) is 10.2 Å². The molecule has 2 heteroatoms. The van der Waals surface area contributed by atoms with Crippen LogP contribution in [0.25, 0.3) is 0 Å². The van der Waals surface area contributed by atoms with Gasteiger partial charge in [0.2, 0.25) is 0 Å². The van der Waals surface area contributed by atoms with E-state index < -0.39 is 11.7 Å². The van der Waals surface area contributed by atoms with E-state index in [-0.39, 0.29) is 0 Å². The first kappa shape index (κ1) is 9.66. The highest BCUT2D eigenvalue weighted by Gasteiger charge is 2.22. The van der Waals surface area contributed by atoms with E-state index in [1.54, 1.807) is 13.8 Å². The van der Waals surface area contributed by atoms with Crippen molar-refractivity contribution in [3.8, 4) is 0 Å². The Balaban J connectivity index is 3.73. The predicted molar refractivity (Wildman–Crippen MR) is 41.7 cm³/mol. The average molecular weight is 144 g/mol. The molecule has 0 aliphatic heterocycles. The molecule has 0 aromatic carbocycles. The molecule has 0 aromatic heterocycles. The molecular weight excluding hydrogens is 128 g/mol. The molecule has 0 radical (unpaired) electrons. The summed E-state index contributed by atoms with van der Waals surface area (Å²) in [5, 5.41) is 18.4. The molecule has 0 heterocycles. The van der Waals surface area contributed by atoms with Crippen LogP contribution in [-0.4, -0.2) is 21.9 Å². The van der Waals surface area contributed by atoms with E-state index >= 15 is 0 Å². The van der Waals surface area contributed by atoms with Crippen molar-refractivity contribution in [1.29, 1.82) is 0 Å². The second-order valence-corrected chi connectivity index (χ2v) is 2.97. The topological polar surface area (TPSA) is 40.5 Å². The summed E-state index contributed by atoms with van der Waals surface area (Å²) in [7, 11) is 0. The number of hydrogen-bond donors (Lipinski definition) is 2. The summed E-state index contributed by atoms with van der Waals surface area (Å²) in [6.45, 7) is 5.08. The van der Waals surface area contributed by atoms with E-state index in [1.165, 1.54) is 0 Å². The van der Waals surface area contributed by atoms with Crippen LogP contribution in [0.2, 0.25) is 0 Å². The summed E-state index contributed by atoms with van der Waals surface area (Å²) in [6.07, 6.45) is 3.54. The van der Waals surface area contributed by atoms with Crippen LogP contribution in [0.5, 0.6) is 0 Å². The number of rotatable bonds is 3. The molecule has 60 valence electrons. The van der Waals surface area contributed by atoms with Gasteiger partial charge in [0.05, 0.1) is 11.7 Å². The fourth-order valence-electron chi connectivity index (χ4n) is 0.553. The number of aliphatic hydroxyl groups excluding tert-OH is 1. The molecule has 0 aliphatic rings. The van der Waals surface area contributed by atoms with Gasteiger partial charge in [0.15, 0.2) is 0 Å². The van der Waals surface area contributed by atoms with Gasteiger partial charge in [-0.1, -0.05) is 12.2 Å². The highest BCUT2D eigenvalue weighted by molar-refractivity contribution is 4.86. The lowest BCUT2D eigenvalue weighted by Gasteiger charge is -2.22. The number of aliphatic hydroxyl groups is 2. The Bertz CT molecular complexity index is 111. The average Bonchev–Trinajstić information content (AvgIpc) is 1.80. The van der Waals surface area contributed by atoms with Gasteiger partial charge in [0, 0.05) is 0 Å². The first-order chi connectivity index (χ1) is 4.48. The fourth-order valence-corrected chi connectivity index (χ4v) is 0.553. The molecule has 2 nitrogen and oxygen atoms in total. The van der Waals surface area contributed by atoms with E-state index in [0.29, 0.717) is 6.42 Å². The van der Waals surface area contributed by atoms with Crippen LogP contribution in [-0.2, 0) is 0 Å². The van der Waals surface area contributed by atoms with Crippen molar-refractivity contribution in [2.24, 2.45) is 0 Å². The molecule has 0 fully saturated rings. The van der Waals surface area contributed by atoms with Gasteiger partial charge in [-0.2, -0.15) is 0 Å². The van der Waals surface area contributed by atoms with Gasteiger partial charge < -0.3 is 10.2 Å². The van der Waals surface area contributed by atoms with E-state index in [1.807, 2.05) is 19.1 Å². The Hall–Kier alpha value is -0.340. The monoisotopic (exact) mass is 144 g/mol. The van der Waals surface area contributed by atoms with Gasteiger partial charge in [-0.15, -0.1) is 0 Å². The minimum absolute atomic E-state index is 0.514. The van der Waals surface area contributed by atoms with Gasteiger partial charge in [0.1, 0.15) is 0 Å². The van der Waals surface area contributed by atoms with Crippen molar-refractivity contribution in [2.75, 3.05) is 0 Å². The maximum Gasteiger partial charge on any atom is 0.0855 e. The summed E-state index contributed by atoms with van der Waals surface area (Å²) < 4.78 is 0. The largest absolute Gasteiger partial charge is 0.390 e. The van der Waals surface area contributed by atoms with Crippen molar-refractivity contribution in [2.45, 2.75) is 38.9 Å². The Labute approximate surface area is 62.2 Å². The zero-order chi connectivity index (χ0) is 8.20. The smallest absolute Gasteiger partial charge is 0.0855 e. The molecule has 10 heavy (non-hydrogen) atoms. The first-order valence-corrected chi connectivity index (χ1v) is 3.50. The third kappa shape index (κ3) is 3.64. The Morgan fingerprint density at radius 1 is 1.50 bits per heavy atom. The highest BCUT2D eigenvalue weighted by Crippen LogP contribution is 2.11. The van der Waals surface area contributed by atoms with Crippen LogP contribution in [0.15, 0.2) is 12.2 Å². The number of hydrogen-bond acceptors (Lipinski definition) is 2. The van der Waals surface area contributed by atoms with Gasteiger partial charge in [0.25, 0.3) is 0 Å². The zero-order valence-electron chi connectivity index (χ0n) is 6.83. The van der Waals surface area contributed by atoms with Crippen molar-refractivity contribution in [3.05, 3.63) is 12.2 Å². The summed E-state index contributed by atoms with van der Waals surface area (Å²) >= 11 is 0. The maximum atomic E-state index is 9.23. The molecule has 0 saturated carbocycles.